The standard InChI is InChI=1S/C33H36N4O8S/c1-6-7-36-19-9-17-8-14(2)28(41-5)27(39)22(17)25(36)26-32-24-23(31-30(43-13-44-31)15(3)29(24)45-16(4)38)21(37(26)20(19)10-34)11-42-33(40)18(35)12-46-32/h6,8,18-21,25-26,32,39H,1,7,9,11-13,35H2,2-5H3/t18?,19-,20+,21+,25-,26-,32-/m1/s1. The predicted octanol–water partition coefficient (Wildman–Crippen LogP) is 3.12. The Kier molecular flexibility index (Phi) is 7.59. The molecule has 0 aliphatic carbocycles. The van der Waals surface area contributed by atoms with Crippen LogP contribution in [0.3, 0.4) is 0 Å². The lowest BCUT2D eigenvalue weighted by Gasteiger charge is -2.62. The fraction of sp³-hybridized carbons (Fsp3) is 0.485. The van der Waals surface area contributed by atoms with Gasteiger partial charge in [-0.15, -0.1) is 18.3 Å². The molecule has 13 heteroatoms. The summed E-state index contributed by atoms with van der Waals surface area (Å²) < 4.78 is 29.6. The fourth-order valence-corrected chi connectivity index (χ4v) is 9.67. The fourth-order valence-electron chi connectivity index (χ4n) is 8.23. The number of nitrogens with zero attached hydrogens (tertiary/aromatic N) is 3. The van der Waals surface area contributed by atoms with Gasteiger partial charge in [0.25, 0.3) is 0 Å². The van der Waals surface area contributed by atoms with E-state index in [-0.39, 0.29) is 30.9 Å². The highest BCUT2D eigenvalue weighted by atomic mass is 32.2. The molecule has 12 nitrogen and oxygen atoms in total. The van der Waals surface area contributed by atoms with Gasteiger partial charge in [0.1, 0.15) is 24.4 Å². The SMILES string of the molecule is C=CCN1[C@@H]2Cc3cc(C)c(OC)c(O)c3[C@@H]1[C@@H]1[C@@H]3SCC(N)C(=O)OC[C@@H](c4c5c(c(C)c(OC(C)=O)c43)OCO5)N1[C@H]2C#N. The van der Waals surface area contributed by atoms with E-state index in [2.05, 4.69) is 22.4 Å². The van der Waals surface area contributed by atoms with Crippen molar-refractivity contribution in [2.45, 2.75) is 68.7 Å². The van der Waals surface area contributed by atoms with Gasteiger partial charge in [0.05, 0.1) is 30.5 Å². The van der Waals surface area contributed by atoms with Gasteiger partial charge in [0.15, 0.2) is 23.0 Å². The summed E-state index contributed by atoms with van der Waals surface area (Å²) in [4.78, 5) is 30.0. The van der Waals surface area contributed by atoms with Crippen molar-refractivity contribution in [2.75, 3.05) is 32.8 Å². The minimum absolute atomic E-state index is 0.0365. The maximum Gasteiger partial charge on any atom is 0.323 e. The second-order valence-corrected chi connectivity index (χ2v) is 13.5. The number of nitriles is 1. The van der Waals surface area contributed by atoms with Crippen molar-refractivity contribution in [3.05, 3.63) is 52.1 Å². The molecule has 5 aliphatic rings. The highest BCUT2D eigenvalue weighted by Gasteiger charge is 2.61. The summed E-state index contributed by atoms with van der Waals surface area (Å²) in [5.74, 6) is 0.861. The molecule has 0 amide bonds. The smallest absolute Gasteiger partial charge is 0.323 e. The number of fused-ring (bicyclic) bond motifs is 9. The van der Waals surface area contributed by atoms with E-state index >= 15 is 0 Å². The van der Waals surface area contributed by atoms with Crippen LogP contribution in [0, 0.1) is 25.2 Å². The summed E-state index contributed by atoms with van der Waals surface area (Å²) in [5.41, 5.74) is 10.8. The number of piperazine rings is 1. The Bertz CT molecular complexity index is 1710. The van der Waals surface area contributed by atoms with E-state index in [1.807, 2.05) is 19.9 Å². The van der Waals surface area contributed by atoms with Crippen molar-refractivity contribution in [1.82, 2.24) is 9.80 Å². The number of ether oxygens (including phenoxy) is 5. The predicted molar refractivity (Wildman–Crippen MR) is 167 cm³/mol. The zero-order valence-electron chi connectivity index (χ0n) is 26.1. The Morgan fingerprint density at radius 1 is 1.24 bits per heavy atom. The lowest BCUT2D eigenvalue weighted by atomic mass is 9.71. The lowest BCUT2D eigenvalue weighted by Crippen LogP contribution is -2.70. The number of carbonyl (C=O) groups excluding carboxylic acids is 2. The minimum atomic E-state index is -0.907. The molecule has 46 heavy (non-hydrogen) atoms. The van der Waals surface area contributed by atoms with Crippen molar-refractivity contribution in [1.29, 1.82) is 5.26 Å². The number of hydrogen-bond donors (Lipinski definition) is 2. The van der Waals surface area contributed by atoms with Gasteiger partial charge in [0.2, 0.25) is 6.79 Å². The molecule has 242 valence electrons. The summed E-state index contributed by atoms with van der Waals surface area (Å²) in [6.45, 7) is 9.38. The number of thioether (sulfide) groups is 1. The topological polar surface area (TPSA) is 157 Å². The van der Waals surface area contributed by atoms with Crippen LogP contribution in [-0.2, 0) is 20.7 Å². The van der Waals surface area contributed by atoms with Crippen LogP contribution in [0.25, 0.3) is 0 Å². The molecule has 0 saturated carbocycles. The molecule has 7 atom stereocenters. The summed E-state index contributed by atoms with van der Waals surface area (Å²) in [5, 5.41) is 22.3. The first kappa shape index (κ1) is 30.7. The number of nitrogens with two attached hydrogens (primary N) is 1. The van der Waals surface area contributed by atoms with Gasteiger partial charge in [0, 0.05) is 53.6 Å². The van der Waals surface area contributed by atoms with Crippen LogP contribution in [0.15, 0.2) is 18.7 Å². The number of rotatable bonds is 4. The normalized spacial score (nSPS) is 29.5. The summed E-state index contributed by atoms with van der Waals surface area (Å²) in [7, 11) is 1.53. The molecule has 1 unspecified atom stereocenters. The van der Waals surface area contributed by atoms with E-state index in [0.29, 0.717) is 58.2 Å². The van der Waals surface area contributed by atoms with Crippen LogP contribution in [-0.4, -0.2) is 83.8 Å². The zero-order valence-corrected chi connectivity index (χ0v) is 26.9. The molecule has 0 spiro atoms. The third kappa shape index (κ3) is 4.31. The third-order valence-corrected chi connectivity index (χ3v) is 11.3. The van der Waals surface area contributed by atoms with Gasteiger partial charge < -0.3 is 34.5 Å². The maximum atomic E-state index is 13.0. The summed E-state index contributed by atoms with van der Waals surface area (Å²) in [6, 6.07) is 1.15. The number of phenolic OH excluding ortho intramolecular Hbond substituents is 1. The number of cyclic esters (lactones) is 1. The molecule has 3 N–H and O–H groups in total. The highest BCUT2D eigenvalue weighted by molar-refractivity contribution is 7.99. The van der Waals surface area contributed by atoms with Crippen LogP contribution in [0.1, 0.15) is 57.6 Å². The Morgan fingerprint density at radius 2 is 2.00 bits per heavy atom. The first-order valence-electron chi connectivity index (χ1n) is 15.2. The van der Waals surface area contributed by atoms with Crippen molar-refractivity contribution in [3.63, 3.8) is 0 Å². The van der Waals surface area contributed by atoms with Gasteiger partial charge in [-0.3, -0.25) is 19.4 Å². The number of esters is 2. The van der Waals surface area contributed by atoms with Gasteiger partial charge >= 0.3 is 11.9 Å². The first-order valence-corrected chi connectivity index (χ1v) is 16.3. The van der Waals surface area contributed by atoms with E-state index in [9.17, 15) is 20.0 Å². The van der Waals surface area contributed by atoms with Crippen LogP contribution in [0.5, 0.6) is 28.7 Å². The molecular formula is C33H36N4O8S. The van der Waals surface area contributed by atoms with Crippen LogP contribution >= 0.6 is 11.8 Å². The largest absolute Gasteiger partial charge is 0.504 e. The molecule has 4 bridgehead atoms. The average Bonchev–Trinajstić information content (AvgIpc) is 3.51. The van der Waals surface area contributed by atoms with Crippen LogP contribution < -0.4 is 24.7 Å². The van der Waals surface area contributed by atoms with Gasteiger partial charge in [-0.1, -0.05) is 12.1 Å². The van der Waals surface area contributed by atoms with Crippen molar-refractivity contribution < 1.29 is 38.4 Å². The number of aromatic hydroxyl groups is 1. The average molecular weight is 649 g/mol. The first-order chi connectivity index (χ1) is 22.1. The second kappa shape index (κ2) is 11.4. The Balaban J connectivity index is 1.58. The number of methoxy groups -OCH3 is 1. The molecule has 2 aromatic rings. The van der Waals surface area contributed by atoms with E-state index in [4.69, 9.17) is 29.4 Å². The second-order valence-electron chi connectivity index (χ2n) is 12.3. The molecule has 0 radical (unpaired) electrons. The summed E-state index contributed by atoms with van der Waals surface area (Å²) in [6.07, 6.45) is 2.30. The quantitative estimate of drug-likeness (QED) is 0.284. The van der Waals surface area contributed by atoms with Crippen molar-refractivity contribution >= 4 is 23.7 Å². The van der Waals surface area contributed by atoms with Gasteiger partial charge in [-0.05, 0) is 31.4 Å². The molecule has 2 saturated heterocycles. The van der Waals surface area contributed by atoms with E-state index in [1.165, 1.54) is 25.8 Å². The molecule has 2 fully saturated rings. The molecule has 5 heterocycles. The van der Waals surface area contributed by atoms with E-state index in [1.54, 1.807) is 6.08 Å². The number of carbonyl (C=O) groups is 2. The minimum Gasteiger partial charge on any atom is -0.504 e. The van der Waals surface area contributed by atoms with Crippen LogP contribution in [0.4, 0.5) is 0 Å². The van der Waals surface area contributed by atoms with Crippen LogP contribution in [0.2, 0.25) is 0 Å². The molecule has 0 aromatic heterocycles. The monoisotopic (exact) mass is 648 g/mol. The number of aryl methyl sites for hydroxylation is 1. The Hall–Kier alpha value is -3.96. The molecular weight excluding hydrogens is 612 g/mol. The Morgan fingerprint density at radius 3 is 2.70 bits per heavy atom. The van der Waals surface area contributed by atoms with Gasteiger partial charge in [-0.25, -0.2) is 0 Å². The number of benzene rings is 2. The van der Waals surface area contributed by atoms with Gasteiger partial charge in [-0.2, -0.15) is 5.26 Å². The molecule has 5 aliphatic heterocycles. The van der Waals surface area contributed by atoms with Crippen molar-refractivity contribution in [2.24, 2.45) is 5.73 Å². The van der Waals surface area contributed by atoms with E-state index in [0.717, 1.165) is 11.1 Å². The Labute approximate surface area is 270 Å². The molecule has 7 rings (SSSR count). The van der Waals surface area contributed by atoms with E-state index < -0.39 is 47.4 Å². The summed E-state index contributed by atoms with van der Waals surface area (Å²) >= 11 is 1.43. The van der Waals surface area contributed by atoms with Crippen molar-refractivity contribution in [3.8, 4) is 34.8 Å². The third-order valence-electron chi connectivity index (χ3n) is 9.85. The highest BCUT2D eigenvalue weighted by Crippen LogP contribution is 2.64. The maximum absolute atomic E-state index is 13.0. The zero-order chi connectivity index (χ0) is 32.6. The number of hydrogen-bond acceptors (Lipinski definition) is 13. The molecule has 2 aromatic carbocycles. The number of phenols is 1. The lowest BCUT2D eigenvalue weighted by molar-refractivity contribution is -0.150.